The molecular weight excluding hydrogens is 287 g/mol. The molecule has 1 fully saturated rings. The molecule has 1 aliphatic rings. The first-order valence-electron chi connectivity index (χ1n) is 7.43. The van der Waals surface area contributed by atoms with Crippen molar-refractivity contribution in [1.82, 2.24) is 5.32 Å². The van der Waals surface area contributed by atoms with E-state index in [9.17, 15) is 9.18 Å². The van der Waals surface area contributed by atoms with Crippen molar-refractivity contribution in [2.45, 2.75) is 38.3 Å². The standard InChI is InChI=1S/C16H23FN2O3/c1-9(19-16(20)10-4-5-11(18)6-10)12-7-14(21-2)15(22-3)8-13(12)17/h7-11H,4-6,18H2,1-3H3,(H,19,20). The zero-order valence-corrected chi connectivity index (χ0v) is 13.2. The summed E-state index contributed by atoms with van der Waals surface area (Å²) in [7, 11) is 2.94. The van der Waals surface area contributed by atoms with E-state index in [1.54, 1.807) is 13.0 Å². The second-order valence-electron chi connectivity index (χ2n) is 5.73. The molecule has 3 atom stereocenters. The van der Waals surface area contributed by atoms with Crippen LogP contribution in [0.15, 0.2) is 12.1 Å². The Morgan fingerprint density at radius 1 is 1.32 bits per heavy atom. The molecule has 0 radical (unpaired) electrons. The van der Waals surface area contributed by atoms with Crippen LogP contribution in [0.1, 0.15) is 37.8 Å². The lowest BCUT2D eigenvalue weighted by molar-refractivity contribution is -0.125. The number of carbonyl (C=O) groups is 1. The number of rotatable bonds is 5. The van der Waals surface area contributed by atoms with Gasteiger partial charge in [0, 0.05) is 23.6 Å². The maximum absolute atomic E-state index is 14.2. The van der Waals surface area contributed by atoms with E-state index < -0.39 is 11.9 Å². The molecule has 0 spiro atoms. The van der Waals surface area contributed by atoms with Gasteiger partial charge in [0.2, 0.25) is 5.91 Å². The fourth-order valence-electron chi connectivity index (χ4n) is 2.87. The van der Waals surface area contributed by atoms with Crippen LogP contribution >= 0.6 is 0 Å². The Morgan fingerprint density at radius 2 is 1.95 bits per heavy atom. The minimum absolute atomic E-state index is 0.0744. The fraction of sp³-hybridized carbons (Fsp3) is 0.562. The average Bonchev–Trinajstić information content (AvgIpc) is 2.93. The Labute approximate surface area is 130 Å². The largest absolute Gasteiger partial charge is 0.493 e. The lowest BCUT2D eigenvalue weighted by Gasteiger charge is -2.19. The molecule has 22 heavy (non-hydrogen) atoms. The molecule has 5 nitrogen and oxygen atoms in total. The number of halogens is 1. The van der Waals surface area contributed by atoms with Gasteiger partial charge in [0.15, 0.2) is 11.5 Å². The Kier molecular flexibility index (Phi) is 5.24. The van der Waals surface area contributed by atoms with Crippen molar-refractivity contribution < 1.29 is 18.7 Å². The van der Waals surface area contributed by atoms with Crippen LogP contribution in [0.25, 0.3) is 0 Å². The molecule has 1 aliphatic carbocycles. The molecule has 0 aromatic heterocycles. The SMILES string of the molecule is COc1cc(F)c(C(C)NC(=O)C2CCC(N)C2)cc1OC. The second kappa shape index (κ2) is 6.96. The van der Waals surface area contributed by atoms with Crippen molar-refractivity contribution in [2.75, 3.05) is 14.2 Å². The summed E-state index contributed by atoms with van der Waals surface area (Å²) < 4.78 is 24.4. The van der Waals surface area contributed by atoms with Crippen LogP contribution in [0.3, 0.4) is 0 Å². The highest BCUT2D eigenvalue weighted by Gasteiger charge is 2.29. The van der Waals surface area contributed by atoms with Gasteiger partial charge in [-0.1, -0.05) is 0 Å². The molecule has 1 saturated carbocycles. The first-order valence-corrected chi connectivity index (χ1v) is 7.43. The third-order valence-electron chi connectivity index (χ3n) is 4.17. The zero-order valence-electron chi connectivity index (χ0n) is 13.2. The lowest BCUT2D eigenvalue weighted by Crippen LogP contribution is -2.32. The van der Waals surface area contributed by atoms with Gasteiger partial charge in [-0.3, -0.25) is 4.79 Å². The predicted molar refractivity (Wildman–Crippen MR) is 81.4 cm³/mol. The Hall–Kier alpha value is -1.82. The number of carbonyl (C=O) groups excluding carboxylic acids is 1. The third-order valence-corrected chi connectivity index (χ3v) is 4.17. The van der Waals surface area contributed by atoms with Gasteiger partial charge in [0.1, 0.15) is 5.82 Å². The minimum Gasteiger partial charge on any atom is -0.493 e. The molecule has 0 bridgehead atoms. The number of amides is 1. The maximum Gasteiger partial charge on any atom is 0.223 e. The quantitative estimate of drug-likeness (QED) is 0.874. The highest BCUT2D eigenvalue weighted by atomic mass is 19.1. The van der Waals surface area contributed by atoms with Crippen molar-refractivity contribution in [3.05, 3.63) is 23.5 Å². The van der Waals surface area contributed by atoms with Crippen LogP contribution in [0.4, 0.5) is 4.39 Å². The van der Waals surface area contributed by atoms with Gasteiger partial charge in [0.05, 0.1) is 20.3 Å². The van der Waals surface area contributed by atoms with E-state index in [0.717, 1.165) is 12.8 Å². The summed E-state index contributed by atoms with van der Waals surface area (Å²) in [4.78, 5) is 12.2. The van der Waals surface area contributed by atoms with Gasteiger partial charge >= 0.3 is 0 Å². The molecule has 1 aromatic rings. The first kappa shape index (κ1) is 16.5. The van der Waals surface area contributed by atoms with Crippen LogP contribution in [0.2, 0.25) is 0 Å². The molecular formula is C16H23FN2O3. The van der Waals surface area contributed by atoms with E-state index >= 15 is 0 Å². The van der Waals surface area contributed by atoms with Crippen LogP contribution in [0.5, 0.6) is 11.5 Å². The average molecular weight is 310 g/mol. The summed E-state index contributed by atoms with van der Waals surface area (Å²) in [5, 5.41) is 2.86. The van der Waals surface area contributed by atoms with E-state index in [2.05, 4.69) is 5.32 Å². The summed E-state index contributed by atoms with van der Waals surface area (Å²) in [5.74, 6) is 0.163. The monoisotopic (exact) mass is 310 g/mol. The normalized spacial score (nSPS) is 22.2. The predicted octanol–water partition coefficient (Wildman–Crippen LogP) is 2.15. The van der Waals surface area contributed by atoms with E-state index in [1.165, 1.54) is 20.3 Å². The van der Waals surface area contributed by atoms with Gasteiger partial charge in [-0.05, 0) is 32.3 Å². The number of nitrogens with two attached hydrogens (primary N) is 1. The van der Waals surface area contributed by atoms with Crippen LogP contribution in [-0.2, 0) is 4.79 Å². The Morgan fingerprint density at radius 3 is 2.50 bits per heavy atom. The number of methoxy groups -OCH3 is 2. The van der Waals surface area contributed by atoms with Crippen molar-refractivity contribution in [3.8, 4) is 11.5 Å². The van der Waals surface area contributed by atoms with Gasteiger partial charge < -0.3 is 20.5 Å². The van der Waals surface area contributed by atoms with E-state index in [0.29, 0.717) is 23.5 Å². The lowest BCUT2D eigenvalue weighted by atomic mass is 10.0. The van der Waals surface area contributed by atoms with E-state index in [1.807, 2.05) is 0 Å². The molecule has 0 heterocycles. The Bertz CT molecular complexity index is 550. The molecule has 0 saturated heterocycles. The summed E-state index contributed by atoms with van der Waals surface area (Å²) in [5.41, 5.74) is 6.20. The van der Waals surface area contributed by atoms with Crippen molar-refractivity contribution in [2.24, 2.45) is 11.7 Å². The molecule has 1 amide bonds. The maximum atomic E-state index is 14.2. The third kappa shape index (κ3) is 3.50. The van der Waals surface area contributed by atoms with Crippen LogP contribution < -0.4 is 20.5 Å². The zero-order chi connectivity index (χ0) is 16.3. The summed E-state index contributed by atoms with van der Waals surface area (Å²) in [6, 6.07) is 2.45. The molecule has 2 rings (SSSR count). The molecule has 3 unspecified atom stereocenters. The second-order valence-corrected chi connectivity index (χ2v) is 5.73. The Balaban J connectivity index is 2.12. The number of ether oxygens (including phenoxy) is 2. The highest BCUT2D eigenvalue weighted by Crippen LogP contribution is 2.33. The summed E-state index contributed by atoms with van der Waals surface area (Å²) >= 11 is 0. The molecule has 122 valence electrons. The van der Waals surface area contributed by atoms with E-state index in [4.69, 9.17) is 15.2 Å². The van der Waals surface area contributed by atoms with Gasteiger partial charge in [-0.25, -0.2) is 4.39 Å². The summed E-state index contributed by atoms with van der Waals surface area (Å²) in [6.07, 6.45) is 2.33. The molecule has 0 aliphatic heterocycles. The van der Waals surface area contributed by atoms with Crippen LogP contribution in [-0.4, -0.2) is 26.2 Å². The topological polar surface area (TPSA) is 73.6 Å². The molecule has 3 N–H and O–H groups in total. The van der Waals surface area contributed by atoms with Crippen molar-refractivity contribution >= 4 is 5.91 Å². The minimum atomic E-state index is -0.455. The van der Waals surface area contributed by atoms with Gasteiger partial charge in [-0.15, -0.1) is 0 Å². The van der Waals surface area contributed by atoms with Crippen molar-refractivity contribution in [1.29, 1.82) is 0 Å². The van der Waals surface area contributed by atoms with Crippen molar-refractivity contribution in [3.63, 3.8) is 0 Å². The number of nitrogens with one attached hydrogen (secondary N) is 1. The number of hydrogen-bond donors (Lipinski definition) is 2. The summed E-state index contributed by atoms with van der Waals surface area (Å²) in [6.45, 7) is 1.75. The number of benzene rings is 1. The van der Waals surface area contributed by atoms with Gasteiger partial charge in [0.25, 0.3) is 0 Å². The fourth-order valence-corrected chi connectivity index (χ4v) is 2.87. The molecule has 1 aromatic carbocycles. The van der Waals surface area contributed by atoms with Gasteiger partial charge in [-0.2, -0.15) is 0 Å². The highest BCUT2D eigenvalue weighted by molar-refractivity contribution is 5.79. The number of hydrogen-bond acceptors (Lipinski definition) is 4. The smallest absolute Gasteiger partial charge is 0.223 e. The first-order chi connectivity index (χ1) is 10.5. The molecule has 6 heteroatoms. The van der Waals surface area contributed by atoms with E-state index in [-0.39, 0.29) is 17.9 Å². The van der Waals surface area contributed by atoms with Crippen LogP contribution in [0, 0.1) is 11.7 Å².